The minimum atomic E-state index is -0.106. The Labute approximate surface area is 112 Å². The molecule has 1 aromatic heterocycles. The van der Waals surface area contributed by atoms with Crippen LogP contribution < -0.4 is 11.3 Å². The van der Waals surface area contributed by atoms with E-state index in [2.05, 4.69) is 31.2 Å². The topological polar surface area (TPSA) is 71.2 Å². The van der Waals surface area contributed by atoms with Crippen LogP contribution in [-0.2, 0) is 0 Å². The molecule has 0 bridgehead atoms. The van der Waals surface area contributed by atoms with E-state index in [9.17, 15) is 4.79 Å². The first-order chi connectivity index (χ1) is 8.23. The Bertz CT molecular complexity index is 442. The molecule has 0 radical (unpaired) electrons. The van der Waals surface area contributed by atoms with Gasteiger partial charge in [-0.2, -0.15) is 0 Å². The van der Waals surface area contributed by atoms with Crippen LogP contribution in [0.15, 0.2) is 12.1 Å². The van der Waals surface area contributed by atoms with Crippen molar-refractivity contribution in [3.8, 4) is 0 Å². The third-order valence-electron chi connectivity index (χ3n) is 2.25. The lowest BCUT2D eigenvalue weighted by atomic mass is 9.96. The van der Waals surface area contributed by atoms with Gasteiger partial charge in [0.2, 0.25) is 0 Å². The molecule has 1 rings (SSSR count). The summed E-state index contributed by atoms with van der Waals surface area (Å²) in [7, 11) is 1.76. The highest BCUT2D eigenvalue weighted by molar-refractivity contribution is 6.29. The second-order valence-electron chi connectivity index (χ2n) is 5.43. The number of hydrogen-bond donors (Lipinski definition) is 2. The normalized spacial score (nSPS) is 11.2. The summed E-state index contributed by atoms with van der Waals surface area (Å²) in [6.45, 7) is 6.87. The highest BCUT2D eigenvalue weighted by Gasteiger charge is 2.19. The summed E-state index contributed by atoms with van der Waals surface area (Å²) in [5.74, 6) is 5.53. The summed E-state index contributed by atoms with van der Waals surface area (Å²) < 4.78 is 0. The molecule has 5 nitrogen and oxygen atoms in total. The third kappa shape index (κ3) is 4.16. The van der Waals surface area contributed by atoms with Gasteiger partial charge in [0.15, 0.2) is 0 Å². The van der Waals surface area contributed by atoms with E-state index in [0.29, 0.717) is 17.9 Å². The number of nitrogens with two attached hydrogens (primary N) is 1. The molecule has 0 aliphatic heterocycles. The van der Waals surface area contributed by atoms with E-state index in [0.717, 1.165) is 0 Å². The number of nitrogen functional groups attached to an aromatic ring is 1. The van der Waals surface area contributed by atoms with Crippen molar-refractivity contribution in [2.45, 2.75) is 20.8 Å². The van der Waals surface area contributed by atoms with Gasteiger partial charge in [-0.1, -0.05) is 32.4 Å². The maximum absolute atomic E-state index is 12.2. The fourth-order valence-electron chi connectivity index (χ4n) is 1.70. The largest absolute Gasteiger partial charge is 0.341 e. The molecule has 0 spiro atoms. The lowest BCUT2D eigenvalue weighted by Crippen LogP contribution is -2.34. The van der Waals surface area contributed by atoms with Crippen molar-refractivity contribution in [1.82, 2.24) is 9.88 Å². The number of hydrazine groups is 1. The number of nitrogens with one attached hydrogen (secondary N) is 1. The zero-order valence-corrected chi connectivity index (χ0v) is 11.9. The van der Waals surface area contributed by atoms with E-state index >= 15 is 0 Å². The van der Waals surface area contributed by atoms with Crippen molar-refractivity contribution < 1.29 is 4.79 Å². The van der Waals surface area contributed by atoms with Gasteiger partial charge >= 0.3 is 0 Å². The number of nitrogens with zero attached hydrogens (tertiary/aromatic N) is 2. The summed E-state index contributed by atoms with van der Waals surface area (Å²) in [5.41, 5.74) is 2.89. The molecule has 0 saturated heterocycles. The Hall–Kier alpha value is -1.33. The highest BCUT2D eigenvalue weighted by atomic mass is 35.5. The quantitative estimate of drug-likeness (QED) is 0.501. The number of hydrogen-bond acceptors (Lipinski definition) is 4. The molecule has 0 fully saturated rings. The Kier molecular flexibility index (Phi) is 4.53. The van der Waals surface area contributed by atoms with E-state index in [-0.39, 0.29) is 16.5 Å². The van der Waals surface area contributed by atoms with Crippen molar-refractivity contribution in [1.29, 1.82) is 0 Å². The molecule has 0 aromatic carbocycles. The molecule has 0 atom stereocenters. The summed E-state index contributed by atoms with van der Waals surface area (Å²) in [6.07, 6.45) is 0. The Balaban J connectivity index is 2.93. The molecule has 0 unspecified atom stereocenters. The standard InChI is InChI=1S/C12H19ClN4O/c1-12(2,3)7-17(4)11(18)8-5-9(13)15-10(6-8)16-14/h5-6H,7,14H2,1-4H3,(H,15,16). The molecule has 1 aromatic rings. The monoisotopic (exact) mass is 270 g/mol. The van der Waals surface area contributed by atoms with Crippen LogP contribution in [0.1, 0.15) is 31.1 Å². The Morgan fingerprint density at radius 3 is 2.61 bits per heavy atom. The van der Waals surface area contributed by atoms with Crippen molar-refractivity contribution in [2.75, 3.05) is 19.0 Å². The lowest BCUT2D eigenvalue weighted by molar-refractivity contribution is 0.0745. The molecule has 1 amide bonds. The van der Waals surface area contributed by atoms with Gasteiger partial charge in [0.1, 0.15) is 11.0 Å². The predicted molar refractivity (Wildman–Crippen MR) is 73.5 cm³/mol. The van der Waals surface area contributed by atoms with Gasteiger partial charge in [-0.25, -0.2) is 10.8 Å². The van der Waals surface area contributed by atoms with E-state index in [4.69, 9.17) is 17.4 Å². The minimum absolute atomic E-state index is 0.0379. The van der Waals surface area contributed by atoms with Gasteiger partial charge in [-0.05, 0) is 17.5 Å². The minimum Gasteiger partial charge on any atom is -0.341 e. The van der Waals surface area contributed by atoms with Crippen LogP contribution in [0, 0.1) is 5.41 Å². The van der Waals surface area contributed by atoms with Gasteiger partial charge in [0.05, 0.1) is 0 Å². The van der Waals surface area contributed by atoms with Crippen LogP contribution in [0.5, 0.6) is 0 Å². The Morgan fingerprint density at radius 2 is 2.11 bits per heavy atom. The van der Waals surface area contributed by atoms with Crippen LogP contribution in [0.2, 0.25) is 5.15 Å². The number of anilines is 1. The SMILES string of the molecule is CN(CC(C)(C)C)C(=O)c1cc(Cl)nc(NN)c1. The van der Waals surface area contributed by atoms with E-state index in [1.165, 1.54) is 6.07 Å². The van der Waals surface area contributed by atoms with E-state index in [1.807, 2.05) is 0 Å². The molecule has 1 heterocycles. The van der Waals surface area contributed by atoms with Gasteiger partial charge in [-0.3, -0.25) is 4.79 Å². The van der Waals surface area contributed by atoms with Crippen LogP contribution in [0.4, 0.5) is 5.82 Å². The molecule has 0 saturated carbocycles. The summed E-state index contributed by atoms with van der Waals surface area (Å²) in [6, 6.07) is 3.11. The number of aromatic nitrogens is 1. The highest BCUT2D eigenvalue weighted by Crippen LogP contribution is 2.18. The molecule has 0 aliphatic rings. The van der Waals surface area contributed by atoms with Gasteiger partial charge in [0.25, 0.3) is 5.91 Å². The zero-order chi connectivity index (χ0) is 13.9. The number of carbonyl (C=O) groups is 1. The maximum atomic E-state index is 12.2. The van der Waals surface area contributed by atoms with E-state index < -0.39 is 0 Å². The second-order valence-corrected chi connectivity index (χ2v) is 5.82. The molecule has 6 heteroatoms. The first-order valence-electron chi connectivity index (χ1n) is 5.62. The average Bonchev–Trinajstić information content (AvgIpc) is 2.24. The molecule has 100 valence electrons. The number of pyridine rings is 1. The number of halogens is 1. The predicted octanol–water partition coefficient (Wildman–Crippen LogP) is 2.14. The lowest BCUT2D eigenvalue weighted by Gasteiger charge is -2.26. The number of amides is 1. The maximum Gasteiger partial charge on any atom is 0.253 e. The number of carbonyl (C=O) groups excluding carboxylic acids is 1. The Morgan fingerprint density at radius 1 is 1.50 bits per heavy atom. The van der Waals surface area contributed by atoms with Crippen molar-refractivity contribution in [2.24, 2.45) is 11.3 Å². The van der Waals surface area contributed by atoms with Crippen LogP contribution in [0.25, 0.3) is 0 Å². The van der Waals surface area contributed by atoms with Crippen molar-refractivity contribution >= 4 is 23.3 Å². The molecule has 0 aliphatic carbocycles. The van der Waals surface area contributed by atoms with Crippen LogP contribution in [0.3, 0.4) is 0 Å². The molecular weight excluding hydrogens is 252 g/mol. The second kappa shape index (κ2) is 5.54. The van der Waals surface area contributed by atoms with Crippen molar-refractivity contribution in [3.63, 3.8) is 0 Å². The van der Waals surface area contributed by atoms with Crippen LogP contribution >= 0.6 is 11.6 Å². The van der Waals surface area contributed by atoms with Gasteiger partial charge < -0.3 is 10.3 Å². The van der Waals surface area contributed by atoms with E-state index in [1.54, 1.807) is 18.0 Å². The smallest absolute Gasteiger partial charge is 0.253 e. The third-order valence-corrected chi connectivity index (χ3v) is 2.44. The molecule has 18 heavy (non-hydrogen) atoms. The summed E-state index contributed by atoms with van der Waals surface area (Å²) in [4.78, 5) is 17.8. The average molecular weight is 271 g/mol. The summed E-state index contributed by atoms with van der Waals surface area (Å²) >= 11 is 5.83. The first kappa shape index (κ1) is 14.7. The van der Waals surface area contributed by atoms with Crippen LogP contribution in [-0.4, -0.2) is 29.4 Å². The van der Waals surface area contributed by atoms with Gasteiger partial charge in [0, 0.05) is 19.2 Å². The fraction of sp³-hybridized carbons (Fsp3) is 0.500. The van der Waals surface area contributed by atoms with Crippen molar-refractivity contribution in [3.05, 3.63) is 22.8 Å². The fourth-order valence-corrected chi connectivity index (χ4v) is 1.91. The van der Waals surface area contributed by atoms with Gasteiger partial charge in [-0.15, -0.1) is 0 Å². The molecule has 3 N–H and O–H groups in total. The zero-order valence-electron chi connectivity index (χ0n) is 11.1. The first-order valence-corrected chi connectivity index (χ1v) is 6.00. The molecular formula is C12H19ClN4O. The number of rotatable bonds is 3. The summed E-state index contributed by atoms with van der Waals surface area (Å²) in [5, 5.41) is 0.234.